The van der Waals surface area contributed by atoms with E-state index in [1.54, 1.807) is 0 Å². The minimum atomic E-state index is -0.495. The summed E-state index contributed by atoms with van der Waals surface area (Å²) in [4.78, 5) is 10.9. The van der Waals surface area contributed by atoms with Crippen LogP contribution in [0.3, 0.4) is 0 Å². The first kappa shape index (κ1) is 19.8. The van der Waals surface area contributed by atoms with Crippen LogP contribution in [0.15, 0.2) is 0 Å². The molecule has 0 amide bonds. The molecule has 0 radical (unpaired) electrons. The summed E-state index contributed by atoms with van der Waals surface area (Å²) in [5, 5.41) is 20.1. The molecule has 0 bridgehead atoms. The van der Waals surface area contributed by atoms with E-state index in [2.05, 4.69) is 13.8 Å². The van der Waals surface area contributed by atoms with Crippen molar-refractivity contribution in [3.63, 3.8) is 0 Å². The average molecular weight is 290 g/mol. The van der Waals surface area contributed by atoms with E-state index in [1.807, 2.05) is 13.8 Å². The maximum Gasteiger partial charge on any atom is 0.119 e. The Kier molecular flexibility index (Phi) is 12.5. The molecule has 0 aromatic carbocycles. The molecule has 122 valence electrons. The van der Waals surface area contributed by atoms with Gasteiger partial charge in [-0.25, -0.2) is 9.78 Å². The maximum absolute atomic E-state index is 10.1. The lowest BCUT2D eigenvalue weighted by Crippen LogP contribution is -2.35. The largest absolute Gasteiger partial charge is 0.390 e. The summed E-state index contributed by atoms with van der Waals surface area (Å²) in [5.74, 6) is 0. The summed E-state index contributed by atoms with van der Waals surface area (Å²) in [6, 6.07) is 0. The summed E-state index contributed by atoms with van der Waals surface area (Å²) in [7, 11) is 0. The normalized spacial score (nSPS) is 17.7. The monoisotopic (exact) mass is 290 g/mol. The molecule has 0 saturated carbocycles. The lowest BCUT2D eigenvalue weighted by atomic mass is 10.0. The van der Waals surface area contributed by atoms with Crippen molar-refractivity contribution in [3.8, 4) is 0 Å². The van der Waals surface area contributed by atoms with E-state index in [4.69, 9.17) is 9.78 Å². The van der Waals surface area contributed by atoms with Gasteiger partial charge in [0.25, 0.3) is 0 Å². The molecule has 0 rings (SSSR count). The molecule has 0 fully saturated rings. The molecule has 0 aromatic rings. The fourth-order valence-corrected chi connectivity index (χ4v) is 2.28. The van der Waals surface area contributed by atoms with Gasteiger partial charge >= 0.3 is 0 Å². The average Bonchev–Trinajstić information content (AvgIpc) is 2.42. The Bertz CT molecular complexity index is 189. The Morgan fingerprint density at radius 2 is 0.900 bits per heavy atom. The van der Waals surface area contributed by atoms with Crippen molar-refractivity contribution in [2.75, 3.05) is 0 Å². The third-order valence-electron chi connectivity index (χ3n) is 3.48. The molecule has 4 nitrogen and oxygen atoms in total. The highest BCUT2D eigenvalue weighted by Gasteiger charge is 2.24. The van der Waals surface area contributed by atoms with E-state index in [9.17, 15) is 10.2 Å². The lowest BCUT2D eigenvalue weighted by molar-refractivity contribution is -0.375. The zero-order valence-corrected chi connectivity index (χ0v) is 13.7. The Balaban J connectivity index is 4.37. The molecule has 4 atom stereocenters. The number of rotatable bonds is 13. The topological polar surface area (TPSA) is 58.9 Å². The van der Waals surface area contributed by atoms with E-state index in [-0.39, 0.29) is 12.2 Å². The van der Waals surface area contributed by atoms with Crippen LogP contribution in [0.25, 0.3) is 0 Å². The summed E-state index contributed by atoms with van der Waals surface area (Å²) in [5.41, 5.74) is 0. The van der Waals surface area contributed by atoms with E-state index < -0.39 is 12.2 Å². The number of aliphatic hydroxyl groups excluding tert-OH is 2. The van der Waals surface area contributed by atoms with Gasteiger partial charge in [-0.05, 0) is 25.7 Å². The van der Waals surface area contributed by atoms with Gasteiger partial charge in [-0.2, -0.15) is 0 Å². The molecule has 0 spiro atoms. The van der Waals surface area contributed by atoms with Gasteiger partial charge in [0, 0.05) is 0 Å². The highest BCUT2D eigenvalue weighted by atomic mass is 17.2. The minimum absolute atomic E-state index is 0.298. The zero-order chi connectivity index (χ0) is 15.4. The molecule has 2 N–H and O–H groups in total. The van der Waals surface area contributed by atoms with Crippen LogP contribution >= 0.6 is 0 Å². The molecule has 20 heavy (non-hydrogen) atoms. The first-order valence-corrected chi connectivity index (χ1v) is 8.28. The summed E-state index contributed by atoms with van der Waals surface area (Å²) < 4.78 is 0. The zero-order valence-electron chi connectivity index (χ0n) is 13.7. The van der Waals surface area contributed by atoms with Crippen LogP contribution in [0.2, 0.25) is 0 Å². The van der Waals surface area contributed by atoms with Gasteiger partial charge in [0.1, 0.15) is 12.2 Å². The van der Waals surface area contributed by atoms with E-state index in [0.717, 1.165) is 38.5 Å². The van der Waals surface area contributed by atoms with Crippen LogP contribution in [0.1, 0.15) is 79.1 Å². The van der Waals surface area contributed by atoms with Crippen LogP contribution in [0.5, 0.6) is 0 Å². The van der Waals surface area contributed by atoms with Gasteiger partial charge in [0.2, 0.25) is 0 Å². The molecule has 0 aliphatic carbocycles. The van der Waals surface area contributed by atoms with Gasteiger partial charge in [0.15, 0.2) is 0 Å². The van der Waals surface area contributed by atoms with Crippen LogP contribution in [-0.4, -0.2) is 34.6 Å². The predicted octanol–water partition coefficient (Wildman–Crippen LogP) is 3.59. The highest BCUT2D eigenvalue weighted by molar-refractivity contribution is 4.69. The van der Waals surface area contributed by atoms with Crippen molar-refractivity contribution in [1.82, 2.24) is 0 Å². The Morgan fingerprint density at radius 3 is 1.15 bits per heavy atom. The lowest BCUT2D eigenvalue weighted by Gasteiger charge is -2.26. The van der Waals surface area contributed by atoms with Crippen molar-refractivity contribution >= 4 is 0 Å². The molecule has 4 heteroatoms. The van der Waals surface area contributed by atoms with Gasteiger partial charge in [0.05, 0.1) is 12.2 Å². The molecule has 0 aliphatic heterocycles. The van der Waals surface area contributed by atoms with Crippen LogP contribution in [0.4, 0.5) is 0 Å². The number of hydrogen-bond acceptors (Lipinski definition) is 4. The molecule has 0 aromatic heterocycles. The van der Waals surface area contributed by atoms with Crippen molar-refractivity contribution < 1.29 is 20.0 Å². The standard InChI is InChI=1S/C16H34O4/c1-5-9-13(17)15(11-7-3)19-20-16(12-8-4)14(18)10-6-2/h13-18H,5-12H2,1-4H3. The third-order valence-corrected chi connectivity index (χ3v) is 3.48. The summed E-state index contributed by atoms with van der Waals surface area (Å²) >= 11 is 0. The SMILES string of the molecule is CCCC(O)C(CCC)OOC(CCC)C(O)CCC. The quantitative estimate of drug-likeness (QED) is 0.402. The van der Waals surface area contributed by atoms with Gasteiger partial charge < -0.3 is 10.2 Å². The Morgan fingerprint density at radius 1 is 0.600 bits per heavy atom. The number of hydrogen-bond donors (Lipinski definition) is 2. The molecular weight excluding hydrogens is 256 g/mol. The molecule has 0 aliphatic rings. The minimum Gasteiger partial charge on any atom is -0.390 e. The second-order valence-corrected chi connectivity index (χ2v) is 5.56. The van der Waals surface area contributed by atoms with E-state index in [1.165, 1.54) is 0 Å². The first-order chi connectivity index (χ1) is 9.60. The van der Waals surface area contributed by atoms with Gasteiger partial charge in [-0.15, -0.1) is 0 Å². The Hall–Kier alpha value is -0.160. The van der Waals surface area contributed by atoms with Gasteiger partial charge in [-0.3, -0.25) is 0 Å². The number of aliphatic hydroxyl groups is 2. The predicted molar refractivity (Wildman–Crippen MR) is 81.4 cm³/mol. The second kappa shape index (κ2) is 12.6. The summed E-state index contributed by atoms with van der Waals surface area (Å²) in [6.45, 7) is 8.20. The maximum atomic E-state index is 10.1. The fraction of sp³-hybridized carbons (Fsp3) is 1.00. The van der Waals surface area contributed by atoms with E-state index in [0.29, 0.717) is 12.8 Å². The smallest absolute Gasteiger partial charge is 0.119 e. The second-order valence-electron chi connectivity index (χ2n) is 5.56. The molecule has 4 unspecified atom stereocenters. The third kappa shape index (κ3) is 8.20. The fourth-order valence-electron chi connectivity index (χ4n) is 2.28. The van der Waals surface area contributed by atoms with Crippen molar-refractivity contribution in [3.05, 3.63) is 0 Å². The van der Waals surface area contributed by atoms with Crippen LogP contribution < -0.4 is 0 Å². The first-order valence-electron chi connectivity index (χ1n) is 8.28. The van der Waals surface area contributed by atoms with Crippen LogP contribution in [-0.2, 0) is 9.78 Å². The Labute approximate surface area is 124 Å². The molecule has 0 heterocycles. The van der Waals surface area contributed by atoms with Crippen molar-refractivity contribution in [2.45, 2.75) is 103 Å². The molecular formula is C16H34O4. The van der Waals surface area contributed by atoms with Crippen LogP contribution in [0, 0.1) is 0 Å². The van der Waals surface area contributed by atoms with E-state index >= 15 is 0 Å². The van der Waals surface area contributed by atoms with Crippen molar-refractivity contribution in [2.24, 2.45) is 0 Å². The molecule has 0 saturated heterocycles. The summed E-state index contributed by atoms with van der Waals surface area (Å²) in [6.07, 6.45) is 5.08. The van der Waals surface area contributed by atoms with Gasteiger partial charge in [-0.1, -0.05) is 53.4 Å². The van der Waals surface area contributed by atoms with Crippen molar-refractivity contribution in [1.29, 1.82) is 0 Å². The highest BCUT2D eigenvalue weighted by Crippen LogP contribution is 2.17.